The molecule has 0 fully saturated rings. The molecule has 0 amide bonds. The molecule has 5 rings (SSSR count). The lowest BCUT2D eigenvalue weighted by atomic mass is 9.97. The molecule has 0 aliphatic carbocycles. The molecular weight excluding hydrogens is 304 g/mol. The summed E-state index contributed by atoms with van der Waals surface area (Å²) < 4.78 is 6.01. The van der Waals surface area contributed by atoms with Crippen LogP contribution in [0.25, 0.3) is 32.9 Å². The Balaban J connectivity index is 1.98. The highest BCUT2D eigenvalue weighted by Crippen LogP contribution is 2.47. The van der Waals surface area contributed by atoms with Gasteiger partial charge in [0.25, 0.3) is 5.69 Å². The minimum absolute atomic E-state index is 0.0399. The van der Waals surface area contributed by atoms with E-state index < -0.39 is 4.92 Å². The zero-order valence-corrected chi connectivity index (χ0v) is 12.4. The number of rotatable bonds is 1. The third-order valence-electron chi connectivity index (χ3n) is 4.34. The molecule has 5 heteroatoms. The highest BCUT2D eigenvalue weighted by Gasteiger charge is 2.22. The van der Waals surface area contributed by atoms with Crippen molar-refractivity contribution in [1.82, 2.24) is 4.98 Å². The molecule has 114 valence electrons. The first-order chi connectivity index (χ1) is 11.7. The van der Waals surface area contributed by atoms with Gasteiger partial charge in [-0.2, -0.15) is 0 Å². The molecule has 0 bridgehead atoms. The van der Waals surface area contributed by atoms with Crippen molar-refractivity contribution in [2.75, 3.05) is 0 Å². The van der Waals surface area contributed by atoms with Gasteiger partial charge >= 0.3 is 0 Å². The molecule has 24 heavy (non-hydrogen) atoms. The van der Waals surface area contributed by atoms with Gasteiger partial charge in [-0.3, -0.25) is 10.1 Å². The highest BCUT2D eigenvalue weighted by atomic mass is 16.6. The van der Waals surface area contributed by atoms with Crippen LogP contribution in [0.1, 0.15) is 0 Å². The van der Waals surface area contributed by atoms with Crippen LogP contribution in [0.5, 0.6) is 11.5 Å². The lowest BCUT2D eigenvalue weighted by Gasteiger charge is -2.21. The summed E-state index contributed by atoms with van der Waals surface area (Å²) in [5.41, 5.74) is 2.35. The van der Waals surface area contributed by atoms with Crippen LogP contribution in [0.2, 0.25) is 0 Å². The van der Waals surface area contributed by atoms with Gasteiger partial charge in [-0.1, -0.05) is 24.3 Å². The number of benzene rings is 3. The molecule has 0 spiro atoms. The summed E-state index contributed by atoms with van der Waals surface area (Å²) in [7, 11) is 0. The fraction of sp³-hybridized carbons (Fsp3) is 0. The topological polar surface area (TPSA) is 65.3 Å². The molecule has 5 nitrogen and oxygen atoms in total. The number of aromatic nitrogens is 1. The van der Waals surface area contributed by atoms with Gasteiger partial charge in [-0.15, -0.1) is 0 Å². The molecule has 2 heterocycles. The first kappa shape index (κ1) is 13.0. The van der Waals surface area contributed by atoms with Gasteiger partial charge in [-0.25, -0.2) is 4.98 Å². The fourth-order valence-corrected chi connectivity index (χ4v) is 3.28. The Morgan fingerprint density at radius 3 is 2.62 bits per heavy atom. The van der Waals surface area contributed by atoms with Gasteiger partial charge in [0.15, 0.2) is 0 Å². The fourth-order valence-electron chi connectivity index (χ4n) is 3.28. The van der Waals surface area contributed by atoms with Gasteiger partial charge in [-0.05, 0) is 29.7 Å². The number of hydrogen-bond donors (Lipinski definition) is 0. The Bertz CT molecular complexity index is 1170. The van der Waals surface area contributed by atoms with Crippen molar-refractivity contribution in [2.45, 2.75) is 0 Å². The third-order valence-corrected chi connectivity index (χ3v) is 4.34. The summed E-state index contributed by atoms with van der Waals surface area (Å²) in [5.74, 6) is 1.50. The molecule has 0 N–H and O–H groups in total. The summed E-state index contributed by atoms with van der Waals surface area (Å²) in [6.07, 6.45) is 0. The van der Waals surface area contributed by atoms with Gasteiger partial charge in [0.05, 0.1) is 21.5 Å². The first-order valence-corrected chi connectivity index (χ1v) is 7.50. The monoisotopic (exact) mass is 314 g/mol. The summed E-state index contributed by atoms with van der Waals surface area (Å²) in [5, 5.41) is 13.9. The van der Waals surface area contributed by atoms with Crippen molar-refractivity contribution in [3.63, 3.8) is 0 Å². The molecular formula is C19H10N2O3. The number of non-ortho nitro benzene ring substituents is 1. The van der Waals surface area contributed by atoms with Crippen molar-refractivity contribution >= 4 is 27.4 Å². The van der Waals surface area contributed by atoms with Gasteiger partial charge < -0.3 is 4.74 Å². The zero-order chi connectivity index (χ0) is 16.3. The molecule has 4 aromatic rings. The standard InChI is InChI=1S/C19H10N2O3/c22-21(23)11-8-9-12-13-5-3-7-17-18(13)19(20-15(12)10-11)14-4-1-2-6-16(14)24-17/h1-10H. The average Bonchev–Trinajstić information content (AvgIpc) is 2.61. The second kappa shape index (κ2) is 4.52. The van der Waals surface area contributed by atoms with Crippen LogP contribution in [-0.2, 0) is 0 Å². The van der Waals surface area contributed by atoms with Gasteiger partial charge in [0.2, 0.25) is 0 Å². The van der Waals surface area contributed by atoms with E-state index in [9.17, 15) is 10.1 Å². The lowest BCUT2D eigenvalue weighted by Crippen LogP contribution is -2.00. The minimum atomic E-state index is -0.398. The molecule has 1 aliphatic heterocycles. The van der Waals surface area contributed by atoms with Crippen LogP contribution in [0.15, 0.2) is 60.7 Å². The molecule has 0 saturated heterocycles. The summed E-state index contributed by atoms with van der Waals surface area (Å²) in [4.78, 5) is 15.4. The number of hydrogen-bond acceptors (Lipinski definition) is 4. The Morgan fingerprint density at radius 2 is 1.75 bits per heavy atom. The van der Waals surface area contributed by atoms with E-state index in [4.69, 9.17) is 9.72 Å². The van der Waals surface area contributed by atoms with Gasteiger partial charge in [0, 0.05) is 23.1 Å². The lowest BCUT2D eigenvalue weighted by molar-refractivity contribution is -0.384. The van der Waals surface area contributed by atoms with E-state index in [0.717, 1.165) is 38.9 Å². The maximum atomic E-state index is 11.1. The Kier molecular flexibility index (Phi) is 2.45. The van der Waals surface area contributed by atoms with E-state index in [1.54, 1.807) is 6.07 Å². The van der Waals surface area contributed by atoms with Gasteiger partial charge in [0.1, 0.15) is 11.5 Å². The number of nitro groups is 1. The van der Waals surface area contributed by atoms with E-state index >= 15 is 0 Å². The van der Waals surface area contributed by atoms with Crippen molar-refractivity contribution in [3.05, 3.63) is 70.8 Å². The smallest absolute Gasteiger partial charge is 0.271 e. The largest absolute Gasteiger partial charge is 0.456 e. The quantitative estimate of drug-likeness (QED) is 0.246. The Hall–Kier alpha value is -3.47. The Labute approximate surface area is 136 Å². The normalized spacial score (nSPS) is 12.0. The van der Waals surface area contributed by atoms with Crippen molar-refractivity contribution < 1.29 is 9.66 Å². The van der Waals surface area contributed by atoms with E-state index in [0.29, 0.717) is 5.52 Å². The maximum absolute atomic E-state index is 11.1. The summed E-state index contributed by atoms with van der Waals surface area (Å²) in [6.45, 7) is 0. The summed E-state index contributed by atoms with van der Waals surface area (Å²) in [6, 6.07) is 18.3. The maximum Gasteiger partial charge on any atom is 0.271 e. The molecule has 0 saturated carbocycles. The molecule has 1 aromatic heterocycles. The number of ether oxygens (including phenoxy) is 1. The Morgan fingerprint density at radius 1 is 0.917 bits per heavy atom. The second-order valence-electron chi connectivity index (χ2n) is 5.70. The van der Waals surface area contributed by atoms with Crippen LogP contribution in [0.3, 0.4) is 0 Å². The van der Waals surface area contributed by atoms with Crippen LogP contribution < -0.4 is 4.74 Å². The minimum Gasteiger partial charge on any atom is -0.456 e. The average molecular weight is 314 g/mol. The van der Waals surface area contributed by atoms with E-state index in [1.807, 2.05) is 42.5 Å². The molecule has 0 atom stereocenters. The third kappa shape index (κ3) is 1.66. The van der Waals surface area contributed by atoms with Crippen LogP contribution in [0.4, 0.5) is 5.69 Å². The zero-order valence-electron chi connectivity index (χ0n) is 12.4. The number of para-hydroxylation sites is 1. The summed E-state index contributed by atoms with van der Waals surface area (Å²) >= 11 is 0. The predicted molar refractivity (Wildman–Crippen MR) is 91.4 cm³/mol. The predicted octanol–water partition coefficient (Wildman–Crippen LogP) is 5.07. The number of pyridine rings is 1. The van der Waals surface area contributed by atoms with Crippen molar-refractivity contribution in [3.8, 4) is 22.8 Å². The highest BCUT2D eigenvalue weighted by molar-refractivity contribution is 6.14. The number of fused-ring (bicyclic) bond motifs is 4. The molecule has 3 aromatic carbocycles. The van der Waals surface area contributed by atoms with E-state index in [-0.39, 0.29) is 5.69 Å². The van der Waals surface area contributed by atoms with Crippen molar-refractivity contribution in [1.29, 1.82) is 0 Å². The SMILES string of the molecule is O=[N+]([O-])c1ccc2c(c1)nc1c3c(cccc32)Oc2ccccc2-1. The van der Waals surface area contributed by atoms with E-state index in [1.165, 1.54) is 12.1 Å². The number of nitrogens with zero attached hydrogens (tertiary/aromatic N) is 2. The molecule has 1 aliphatic rings. The molecule has 0 radical (unpaired) electrons. The van der Waals surface area contributed by atoms with Crippen LogP contribution in [0, 0.1) is 10.1 Å². The van der Waals surface area contributed by atoms with E-state index in [2.05, 4.69) is 0 Å². The second-order valence-corrected chi connectivity index (χ2v) is 5.70. The van der Waals surface area contributed by atoms with Crippen molar-refractivity contribution in [2.24, 2.45) is 0 Å². The molecule has 0 unspecified atom stereocenters. The number of nitro benzene ring substituents is 1. The van der Waals surface area contributed by atoms with Crippen LogP contribution in [-0.4, -0.2) is 9.91 Å². The first-order valence-electron chi connectivity index (χ1n) is 7.50. The van der Waals surface area contributed by atoms with Crippen LogP contribution >= 0.6 is 0 Å².